The average Bonchev–Trinajstić information content (AvgIpc) is 3.32. The SMILES string of the molecule is CCn1c(=O)c2c(nc(C=Cc3cnn(Cc4ccccc4)c3)n2C)n(CC)c1=O. The van der Waals surface area contributed by atoms with Crippen molar-refractivity contribution in [3.8, 4) is 0 Å². The molecule has 0 spiro atoms. The zero-order valence-corrected chi connectivity index (χ0v) is 17.3. The van der Waals surface area contributed by atoms with Crippen LogP contribution in [0.2, 0.25) is 0 Å². The van der Waals surface area contributed by atoms with E-state index in [1.54, 1.807) is 24.7 Å². The van der Waals surface area contributed by atoms with Crippen molar-refractivity contribution in [3.63, 3.8) is 0 Å². The smallest absolute Gasteiger partial charge is 0.322 e. The summed E-state index contributed by atoms with van der Waals surface area (Å²) in [6.45, 7) is 5.13. The van der Waals surface area contributed by atoms with Gasteiger partial charge in [-0.1, -0.05) is 30.3 Å². The Bertz CT molecular complexity index is 1340. The van der Waals surface area contributed by atoms with Crippen LogP contribution < -0.4 is 11.2 Å². The third-order valence-electron chi connectivity index (χ3n) is 5.17. The van der Waals surface area contributed by atoms with E-state index in [4.69, 9.17) is 0 Å². The van der Waals surface area contributed by atoms with E-state index < -0.39 is 0 Å². The molecule has 8 nitrogen and oxygen atoms in total. The molecule has 0 atom stereocenters. The quantitative estimate of drug-likeness (QED) is 0.494. The minimum atomic E-state index is -0.326. The van der Waals surface area contributed by atoms with Crippen LogP contribution in [0, 0.1) is 0 Å². The van der Waals surface area contributed by atoms with E-state index in [2.05, 4.69) is 22.2 Å². The van der Waals surface area contributed by atoms with Crippen molar-refractivity contribution in [2.75, 3.05) is 0 Å². The van der Waals surface area contributed by atoms with E-state index in [1.165, 1.54) is 14.7 Å². The highest BCUT2D eigenvalue weighted by Gasteiger charge is 2.17. The lowest BCUT2D eigenvalue weighted by molar-refractivity contribution is 0.604. The summed E-state index contributed by atoms with van der Waals surface area (Å²) in [6.07, 6.45) is 7.48. The van der Waals surface area contributed by atoms with Gasteiger partial charge in [-0.25, -0.2) is 9.78 Å². The fraction of sp³-hybridized carbons (Fsp3) is 0.273. The summed E-state index contributed by atoms with van der Waals surface area (Å²) in [7, 11) is 1.79. The molecule has 0 bridgehead atoms. The van der Waals surface area contributed by atoms with Gasteiger partial charge in [0, 0.05) is 31.9 Å². The normalized spacial score (nSPS) is 11.7. The number of hydrogen-bond donors (Lipinski definition) is 0. The van der Waals surface area contributed by atoms with Crippen LogP contribution in [-0.4, -0.2) is 28.5 Å². The molecule has 1 aromatic carbocycles. The minimum Gasteiger partial charge on any atom is -0.322 e. The van der Waals surface area contributed by atoms with Gasteiger partial charge in [0.05, 0.1) is 12.7 Å². The summed E-state index contributed by atoms with van der Waals surface area (Å²) in [5.41, 5.74) is 2.31. The minimum absolute atomic E-state index is 0.312. The Hall–Kier alpha value is -3.68. The van der Waals surface area contributed by atoms with E-state index in [9.17, 15) is 9.59 Å². The molecule has 8 heteroatoms. The monoisotopic (exact) mass is 404 g/mol. The predicted octanol–water partition coefficient (Wildman–Crippen LogP) is 2.35. The lowest BCUT2D eigenvalue weighted by Gasteiger charge is -2.08. The molecule has 0 aliphatic heterocycles. The van der Waals surface area contributed by atoms with Crippen LogP contribution >= 0.6 is 0 Å². The van der Waals surface area contributed by atoms with E-state index in [0.717, 1.165) is 5.56 Å². The molecule has 0 aliphatic rings. The maximum absolute atomic E-state index is 12.8. The Kier molecular flexibility index (Phi) is 5.22. The Morgan fingerprint density at radius 2 is 1.73 bits per heavy atom. The number of benzene rings is 1. The third kappa shape index (κ3) is 3.41. The van der Waals surface area contributed by atoms with Crippen molar-refractivity contribution in [2.24, 2.45) is 7.05 Å². The molecule has 0 radical (unpaired) electrons. The van der Waals surface area contributed by atoms with Gasteiger partial charge in [0.2, 0.25) is 0 Å². The Morgan fingerprint density at radius 3 is 2.43 bits per heavy atom. The van der Waals surface area contributed by atoms with Crippen molar-refractivity contribution >= 4 is 23.3 Å². The summed E-state index contributed by atoms with van der Waals surface area (Å²) in [5, 5.41) is 4.40. The van der Waals surface area contributed by atoms with Gasteiger partial charge in [-0.3, -0.25) is 18.6 Å². The Morgan fingerprint density at radius 1 is 1.00 bits per heavy atom. The molecule has 3 heterocycles. The Labute approximate surface area is 173 Å². The first-order valence-corrected chi connectivity index (χ1v) is 9.98. The lowest BCUT2D eigenvalue weighted by Crippen LogP contribution is -2.39. The topological polar surface area (TPSA) is 79.6 Å². The Balaban J connectivity index is 1.69. The van der Waals surface area contributed by atoms with Crippen LogP contribution in [0.15, 0.2) is 52.3 Å². The second-order valence-electron chi connectivity index (χ2n) is 7.07. The van der Waals surface area contributed by atoms with Gasteiger partial charge in [0.25, 0.3) is 5.56 Å². The number of rotatable bonds is 6. The third-order valence-corrected chi connectivity index (χ3v) is 5.17. The molecule has 0 unspecified atom stereocenters. The van der Waals surface area contributed by atoms with E-state index in [1.807, 2.05) is 48.2 Å². The lowest BCUT2D eigenvalue weighted by atomic mass is 10.2. The molecule has 3 aromatic heterocycles. The highest BCUT2D eigenvalue weighted by Crippen LogP contribution is 2.13. The number of aromatic nitrogens is 6. The number of imidazole rings is 1. The van der Waals surface area contributed by atoms with Crippen molar-refractivity contribution in [2.45, 2.75) is 33.5 Å². The highest BCUT2D eigenvalue weighted by atomic mass is 16.2. The molecular formula is C22H24N6O2. The molecule has 30 heavy (non-hydrogen) atoms. The van der Waals surface area contributed by atoms with Crippen molar-refractivity contribution in [3.05, 3.63) is 80.5 Å². The van der Waals surface area contributed by atoms with Crippen molar-refractivity contribution in [1.82, 2.24) is 28.5 Å². The van der Waals surface area contributed by atoms with Crippen LogP contribution in [0.25, 0.3) is 23.3 Å². The number of fused-ring (bicyclic) bond motifs is 1. The number of aryl methyl sites for hydroxylation is 2. The zero-order valence-electron chi connectivity index (χ0n) is 17.3. The molecule has 154 valence electrons. The molecule has 4 aromatic rings. The van der Waals surface area contributed by atoms with Gasteiger partial charge in [-0.15, -0.1) is 0 Å². The van der Waals surface area contributed by atoms with Crippen LogP contribution in [0.5, 0.6) is 0 Å². The van der Waals surface area contributed by atoms with E-state index >= 15 is 0 Å². The van der Waals surface area contributed by atoms with Gasteiger partial charge in [-0.05, 0) is 31.6 Å². The maximum Gasteiger partial charge on any atom is 0.332 e. The largest absolute Gasteiger partial charge is 0.332 e. The first kappa shape index (κ1) is 19.6. The molecular weight excluding hydrogens is 380 g/mol. The molecule has 0 fully saturated rings. The maximum atomic E-state index is 12.8. The highest BCUT2D eigenvalue weighted by molar-refractivity contribution is 5.76. The van der Waals surface area contributed by atoms with Gasteiger partial charge < -0.3 is 4.57 Å². The van der Waals surface area contributed by atoms with E-state index in [-0.39, 0.29) is 11.2 Å². The molecule has 0 aliphatic carbocycles. The number of hydrogen-bond acceptors (Lipinski definition) is 4. The fourth-order valence-electron chi connectivity index (χ4n) is 3.59. The first-order valence-electron chi connectivity index (χ1n) is 9.98. The van der Waals surface area contributed by atoms with Gasteiger partial charge in [-0.2, -0.15) is 5.10 Å². The van der Waals surface area contributed by atoms with Gasteiger partial charge in [0.1, 0.15) is 5.82 Å². The second-order valence-corrected chi connectivity index (χ2v) is 7.07. The van der Waals surface area contributed by atoms with Crippen LogP contribution in [0.1, 0.15) is 30.8 Å². The molecule has 4 rings (SSSR count). The summed E-state index contributed by atoms with van der Waals surface area (Å²) in [4.78, 5) is 29.9. The van der Waals surface area contributed by atoms with Gasteiger partial charge in [0.15, 0.2) is 11.2 Å². The molecule has 0 N–H and O–H groups in total. The molecule has 0 saturated carbocycles. The predicted molar refractivity (Wildman–Crippen MR) is 117 cm³/mol. The fourth-order valence-corrected chi connectivity index (χ4v) is 3.59. The van der Waals surface area contributed by atoms with Crippen molar-refractivity contribution in [1.29, 1.82) is 0 Å². The summed E-state index contributed by atoms with van der Waals surface area (Å²) in [6, 6.07) is 10.1. The molecule has 0 saturated heterocycles. The van der Waals surface area contributed by atoms with Crippen molar-refractivity contribution < 1.29 is 0 Å². The van der Waals surface area contributed by atoms with Crippen LogP contribution in [0.3, 0.4) is 0 Å². The zero-order chi connectivity index (χ0) is 21.3. The first-order chi connectivity index (χ1) is 14.5. The van der Waals surface area contributed by atoms with Crippen LogP contribution in [0.4, 0.5) is 0 Å². The summed E-state index contributed by atoms with van der Waals surface area (Å²) < 4.78 is 6.39. The number of nitrogens with zero attached hydrogens (tertiary/aromatic N) is 6. The molecule has 0 amide bonds. The van der Waals surface area contributed by atoms with E-state index in [0.29, 0.717) is 36.6 Å². The summed E-state index contributed by atoms with van der Waals surface area (Å²) >= 11 is 0. The van der Waals surface area contributed by atoms with Crippen LogP contribution in [-0.2, 0) is 26.7 Å². The standard InChI is InChI=1S/C22H24N6O2/c1-4-27-20-19(21(29)28(5-2)22(27)30)25(3)18(24-20)12-11-17-13-23-26(15-17)14-16-9-7-6-8-10-16/h6-13,15H,4-5,14H2,1-3H3. The summed E-state index contributed by atoms with van der Waals surface area (Å²) in [5.74, 6) is 0.605. The average molecular weight is 404 g/mol. The second kappa shape index (κ2) is 7.98. The van der Waals surface area contributed by atoms with Gasteiger partial charge >= 0.3 is 5.69 Å².